The number of nitrogens with one attached hydrogen (secondary N) is 1. The summed E-state index contributed by atoms with van der Waals surface area (Å²) in [6.45, 7) is 3.95. The van der Waals surface area contributed by atoms with E-state index in [1.807, 2.05) is 0 Å². The van der Waals surface area contributed by atoms with Gasteiger partial charge in [-0.15, -0.1) is 0 Å². The predicted octanol–water partition coefficient (Wildman–Crippen LogP) is 0.720. The summed E-state index contributed by atoms with van der Waals surface area (Å²) in [5.74, 6) is -0.931. The van der Waals surface area contributed by atoms with E-state index in [2.05, 4.69) is 11.9 Å². The van der Waals surface area contributed by atoms with Crippen LogP contribution in [-0.2, 0) is 9.59 Å². The molecule has 1 aromatic rings. The number of hydrogen-bond acceptors (Lipinski definition) is 4. The normalized spacial score (nSPS) is 9.56. The van der Waals surface area contributed by atoms with E-state index in [-0.39, 0.29) is 18.7 Å². The molecule has 1 N–H and O–H groups in total. The van der Waals surface area contributed by atoms with Crippen LogP contribution in [0.15, 0.2) is 36.9 Å². The SMILES string of the molecule is C=CCOc1ccc(NC(=O)CCC(=O)[O-])cc1. The summed E-state index contributed by atoms with van der Waals surface area (Å²) < 4.78 is 5.28. The van der Waals surface area contributed by atoms with E-state index >= 15 is 0 Å². The highest BCUT2D eigenvalue weighted by molar-refractivity contribution is 5.92. The van der Waals surface area contributed by atoms with Gasteiger partial charge in [-0.3, -0.25) is 4.79 Å². The number of rotatable bonds is 7. The molecule has 0 aliphatic heterocycles. The summed E-state index contributed by atoms with van der Waals surface area (Å²) in [7, 11) is 0. The number of carboxylic acid groups (broad SMARTS) is 1. The number of anilines is 1. The summed E-state index contributed by atoms with van der Waals surface area (Å²) in [5.41, 5.74) is 0.587. The van der Waals surface area contributed by atoms with Gasteiger partial charge in [0.05, 0.1) is 0 Å². The van der Waals surface area contributed by atoms with E-state index in [4.69, 9.17) is 4.74 Å². The predicted molar refractivity (Wildman–Crippen MR) is 65.0 cm³/mol. The van der Waals surface area contributed by atoms with Crippen LogP contribution >= 0.6 is 0 Å². The second kappa shape index (κ2) is 7.11. The van der Waals surface area contributed by atoms with Crippen molar-refractivity contribution in [3.63, 3.8) is 0 Å². The summed E-state index contributed by atoms with van der Waals surface area (Å²) in [5, 5.41) is 12.8. The molecule has 1 rings (SSSR count). The Hall–Kier alpha value is -2.30. The third-order valence-corrected chi connectivity index (χ3v) is 2.06. The molecule has 0 spiro atoms. The minimum atomic E-state index is -1.24. The molecule has 0 heterocycles. The standard InChI is InChI=1S/C13H15NO4/c1-2-9-18-11-5-3-10(4-6-11)14-12(15)7-8-13(16)17/h2-6H,1,7-9H2,(H,14,15)(H,16,17)/p-1. The van der Waals surface area contributed by atoms with Crippen LogP contribution in [-0.4, -0.2) is 18.5 Å². The third-order valence-electron chi connectivity index (χ3n) is 2.06. The molecule has 1 amide bonds. The lowest BCUT2D eigenvalue weighted by atomic mass is 10.2. The molecule has 0 unspecified atom stereocenters. The van der Waals surface area contributed by atoms with E-state index in [0.29, 0.717) is 18.0 Å². The molecule has 0 saturated heterocycles. The molecule has 5 nitrogen and oxygen atoms in total. The van der Waals surface area contributed by atoms with Crippen molar-refractivity contribution in [2.24, 2.45) is 0 Å². The lowest BCUT2D eigenvalue weighted by Crippen LogP contribution is -2.24. The van der Waals surface area contributed by atoms with Crippen LogP contribution in [0.2, 0.25) is 0 Å². The first kappa shape index (κ1) is 13.8. The molecule has 1 aromatic carbocycles. The largest absolute Gasteiger partial charge is 0.550 e. The Bertz CT molecular complexity index is 425. The highest BCUT2D eigenvalue weighted by atomic mass is 16.5. The first-order valence-corrected chi connectivity index (χ1v) is 5.45. The van der Waals surface area contributed by atoms with Crippen molar-refractivity contribution >= 4 is 17.6 Å². The van der Waals surface area contributed by atoms with Gasteiger partial charge in [0, 0.05) is 18.1 Å². The number of aliphatic carboxylic acids is 1. The van der Waals surface area contributed by atoms with Crippen molar-refractivity contribution < 1.29 is 19.4 Å². The molecule has 0 radical (unpaired) electrons. The zero-order valence-corrected chi connectivity index (χ0v) is 9.85. The van der Waals surface area contributed by atoms with E-state index in [9.17, 15) is 14.7 Å². The highest BCUT2D eigenvalue weighted by Crippen LogP contribution is 2.15. The van der Waals surface area contributed by atoms with Crippen LogP contribution in [0.25, 0.3) is 0 Å². The number of benzene rings is 1. The third kappa shape index (κ3) is 5.16. The van der Waals surface area contributed by atoms with Crippen molar-refractivity contribution in [2.75, 3.05) is 11.9 Å². The van der Waals surface area contributed by atoms with Crippen LogP contribution in [0, 0.1) is 0 Å². The Kier molecular flexibility index (Phi) is 5.44. The van der Waals surface area contributed by atoms with Crippen LogP contribution in [0.4, 0.5) is 5.69 Å². The molecule has 5 heteroatoms. The van der Waals surface area contributed by atoms with Gasteiger partial charge in [0.1, 0.15) is 12.4 Å². The Labute approximate surface area is 105 Å². The lowest BCUT2D eigenvalue weighted by molar-refractivity contribution is -0.305. The number of carbonyl (C=O) groups is 2. The van der Waals surface area contributed by atoms with Crippen molar-refractivity contribution in [1.82, 2.24) is 0 Å². The van der Waals surface area contributed by atoms with Crippen molar-refractivity contribution in [2.45, 2.75) is 12.8 Å². The molecule has 0 aliphatic rings. The molecule has 0 saturated carbocycles. The van der Waals surface area contributed by atoms with Gasteiger partial charge in [-0.2, -0.15) is 0 Å². The molecule has 0 bridgehead atoms. The second-order valence-corrected chi connectivity index (χ2v) is 3.54. The molecule has 0 aliphatic carbocycles. The quantitative estimate of drug-likeness (QED) is 0.721. The maximum Gasteiger partial charge on any atom is 0.224 e. The molecular weight excluding hydrogens is 234 g/mol. The summed E-state index contributed by atoms with van der Waals surface area (Å²) in [4.78, 5) is 21.5. The van der Waals surface area contributed by atoms with Crippen molar-refractivity contribution in [1.29, 1.82) is 0 Å². The molecule has 0 aromatic heterocycles. The maximum atomic E-state index is 11.3. The van der Waals surface area contributed by atoms with Gasteiger partial charge >= 0.3 is 0 Å². The monoisotopic (exact) mass is 248 g/mol. The molecule has 0 atom stereocenters. The summed E-state index contributed by atoms with van der Waals surface area (Å²) in [6.07, 6.45) is 1.25. The Morgan fingerprint density at radius 2 is 1.94 bits per heavy atom. The van der Waals surface area contributed by atoms with Gasteiger partial charge in [0.2, 0.25) is 5.91 Å². The lowest BCUT2D eigenvalue weighted by Gasteiger charge is -2.07. The fourth-order valence-electron chi connectivity index (χ4n) is 1.23. The number of carbonyl (C=O) groups excluding carboxylic acids is 2. The zero-order valence-electron chi connectivity index (χ0n) is 9.85. The smallest absolute Gasteiger partial charge is 0.224 e. The topological polar surface area (TPSA) is 78.5 Å². The highest BCUT2D eigenvalue weighted by Gasteiger charge is 2.02. The van der Waals surface area contributed by atoms with E-state index in [0.717, 1.165) is 0 Å². The Morgan fingerprint density at radius 1 is 1.28 bits per heavy atom. The van der Waals surface area contributed by atoms with Gasteiger partial charge in [-0.25, -0.2) is 0 Å². The number of amides is 1. The van der Waals surface area contributed by atoms with Crippen LogP contribution in [0.5, 0.6) is 5.75 Å². The average molecular weight is 248 g/mol. The fraction of sp³-hybridized carbons (Fsp3) is 0.231. The molecular formula is C13H14NO4-. The van der Waals surface area contributed by atoms with Gasteiger partial charge < -0.3 is 20.0 Å². The van der Waals surface area contributed by atoms with Gasteiger partial charge in [-0.05, 0) is 30.7 Å². The Balaban J connectivity index is 2.45. The van der Waals surface area contributed by atoms with Crippen molar-refractivity contribution in [3.05, 3.63) is 36.9 Å². The average Bonchev–Trinajstić information content (AvgIpc) is 2.35. The van der Waals surface area contributed by atoms with Gasteiger partial charge in [0.25, 0.3) is 0 Å². The number of hydrogen-bond donors (Lipinski definition) is 1. The zero-order chi connectivity index (χ0) is 13.4. The van der Waals surface area contributed by atoms with E-state index < -0.39 is 5.97 Å². The molecule has 96 valence electrons. The van der Waals surface area contributed by atoms with Crippen LogP contribution in [0.3, 0.4) is 0 Å². The number of carboxylic acids is 1. The molecule has 0 fully saturated rings. The minimum Gasteiger partial charge on any atom is -0.550 e. The summed E-state index contributed by atoms with van der Waals surface area (Å²) in [6, 6.07) is 6.76. The van der Waals surface area contributed by atoms with Gasteiger partial charge in [-0.1, -0.05) is 12.7 Å². The van der Waals surface area contributed by atoms with Crippen LogP contribution < -0.4 is 15.2 Å². The van der Waals surface area contributed by atoms with Gasteiger partial charge in [0.15, 0.2) is 0 Å². The van der Waals surface area contributed by atoms with E-state index in [1.165, 1.54) is 0 Å². The van der Waals surface area contributed by atoms with E-state index in [1.54, 1.807) is 30.3 Å². The molecule has 18 heavy (non-hydrogen) atoms. The number of ether oxygens (including phenoxy) is 1. The first-order chi connectivity index (χ1) is 8.61. The minimum absolute atomic E-state index is 0.100. The fourth-order valence-corrected chi connectivity index (χ4v) is 1.23. The maximum absolute atomic E-state index is 11.3. The Morgan fingerprint density at radius 3 is 2.50 bits per heavy atom. The summed E-state index contributed by atoms with van der Waals surface area (Å²) >= 11 is 0. The van der Waals surface area contributed by atoms with Crippen molar-refractivity contribution in [3.8, 4) is 5.75 Å². The van der Waals surface area contributed by atoms with Crippen LogP contribution in [0.1, 0.15) is 12.8 Å². The second-order valence-electron chi connectivity index (χ2n) is 3.54. The first-order valence-electron chi connectivity index (χ1n) is 5.45.